The normalized spacial score (nSPS) is 13.9. The van der Waals surface area contributed by atoms with Crippen molar-refractivity contribution in [3.8, 4) is 0 Å². The summed E-state index contributed by atoms with van der Waals surface area (Å²) in [6.45, 7) is 3.64. The van der Waals surface area contributed by atoms with Gasteiger partial charge >= 0.3 is 5.97 Å². The molecule has 0 amide bonds. The van der Waals surface area contributed by atoms with Gasteiger partial charge in [-0.3, -0.25) is 0 Å². The number of aromatic nitrogens is 1. The number of carbonyl (C=O) groups is 1. The number of pyridine rings is 1. The van der Waals surface area contributed by atoms with Gasteiger partial charge in [0.05, 0.1) is 5.56 Å². The first kappa shape index (κ1) is 12.7. The van der Waals surface area contributed by atoms with E-state index in [1.165, 1.54) is 5.56 Å². The fourth-order valence-corrected chi connectivity index (χ4v) is 2.53. The van der Waals surface area contributed by atoms with Gasteiger partial charge < -0.3 is 10.0 Å². The van der Waals surface area contributed by atoms with Gasteiger partial charge in [-0.15, -0.1) is 0 Å². The molecule has 1 aromatic heterocycles. The number of benzene rings is 1. The summed E-state index contributed by atoms with van der Waals surface area (Å²) in [6, 6.07) is 9.45. The average Bonchev–Trinajstić information content (AvgIpc) is 2.47. The van der Waals surface area contributed by atoms with Crippen molar-refractivity contribution in [2.24, 2.45) is 0 Å². The van der Waals surface area contributed by atoms with Crippen molar-refractivity contribution in [1.29, 1.82) is 0 Å². The van der Waals surface area contributed by atoms with Crippen molar-refractivity contribution in [1.82, 2.24) is 4.98 Å². The van der Waals surface area contributed by atoms with E-state index in [0.29, 0.717) is 12.1 Å². The highest BCUT2D eigenvalue weighted by atomic mass is 16.4. The third-order valence-electron chi connectivity index (χ3n) is 3.69. The number of hydrogen-bond donors (Lipinski definition) is 1. The number of aromatic carboxylic acids is 1. The lowest BCUT2D eigenvalue weighted by molar-refractivity contribution is 0.0696. The highest BCUT2D eigenvalue weighted by Crippen LogP contribution is 2.24. The Labute approximate surface area is 117 Å². The first-order valence-corrected chi connectivity index (χ1v) is 6.66. The van der Waals surface area contributed by atoms with Gasteiger partial charge in [0.1, 0.15) is 5.82 Å². The molecule has 4 heteroatoms. The van der Waals surface area contributed by atoms with Crippen LogP contribution in [0, 0.1) is 6.92 Å². The lowest BCUT2D eigenvalue weighted by atomic mass is 9.97. The maximum atomic E-state index is 11.0. The molecular formula is C16H16N2O2. The minimum atomic E-state index is -0.876. The molecule has 1 aliphatic rings. The van der Waals surface area contributed by atoms with E-state index in [1.807, 2.05) is 31.3 Å². The molecule has 0 saturated carbocycles. The molecule has 1 N–H and O–H groups in total. The van der Waals surface area contributed by atoms with Crippen molar-refractivity contribution in [2.75, 3.05) is 11.4 Å². The van der Waals surface area contributed by atoms with Crippen LogP contribution in [0.4, 0.5) is 5.82 Å². The van der Waals surface area contributed by atoms with Crippen LogP contribution in [0.2, 0.25) is 0 Å². The second kappa shape index (κ2) is 4.96. The van der Waals surface area contributed by atoms with Crippen LogP contribution in [0.5, 0.6) is 0 Å². The summed E-state index contributed by atoms with van der Waals surface area (Å²) in [5.41, 5.74) is 3.80. The fourth-order valence-electron chi connectivity index (χ4n) is 2.53. The fraction of sp³-hybridized carbons (Fsp3) is 0.250. The average molecular weight is 268 g/mol. The Hall–Kier alpha value is -2.36. The zero-order chi connectivity index (χ0) is 14.1. The van der Waals surface area contributed by atoms with Crippen molar-refractivity contribution in [3.05, 3.63) is 58.8 Å². The molecule has 3 rings (SSSR count). The Morgan fingerprint density at radius 3 is 2.80 bits per heavy atom. The highest BCUT2D eigenvalue weighted by molar-refractivity contribution is 5.88. The SMILES string of the molecule is Cc1ccc(N2CCc3ccc(C(=O)O)cc3C2)nc1. The van der Waals surface area contributed by atoms with Crippen LogP contribution < -0.4 is 4.90 Å². The lowest BCUT2D eigenvalue weighted by Crippen LogP contribution is -2.31. The van der Waals surface area contributed by atoms with Crippen molar-refractivity contribution >= 4 is 11.8 Å². The zero-order valence-corrected chi connectivity index (χ0v) is 11.3. The molecule has 0 radical (unpaired) electrons. The molecule has 0 fully saturated rings. The Bertz CT molecular complexity index is 650. The van der Waals surface area contributed by atoms with Gasteiger partial charge in [0.15, 0.2) is 0 Å². The van der Waals surface area contributed by atoms with Crippen LogP contribution in [0.3, 0.4) is 0 Å². The van der Waals surface area contributed by atoms with Gasteiger partial charge in [-0.25, -0.2) is 9.78 Å². The minimum absolute atomic E-state index is 0.350. The molecule has 0 bridgehead atoms. The third kappa shape index (κ3) is 2.37. The van der Waals surface area contributed by atoms with E-state index in [4.69, 9.17) is 5.11 Å². The largest absolute Gasteiger partial charge is 0.478 e. The summed E-state index contributed by atoms with van der Waals surface area (Å²) in [5.74, 6) is 0.0698. The molecule has 1 aromatic carbocycles. The molecule has 0 aliphatic carbocycles. The van der Waals surface area contributed by atoms with Crippen LogP contribution in [0.25, 0.3) is 0 Å². The molecule has 0 spiro atoms. The van der Waals surface area contributed by atoms with Crippen LogP contribution >= 0.6 is 0 Å². The molecule has 0 atom stereocenters. The van der Waals surface area contributed by atoms with Crippen LogP contribution in [0.15, 0.2) is 36.5 Å². The first-order valence-electron chi connectivity index (χ1n) is 6.66. The van der Waals surface area contributed by atoms with Gasteiger partial charge in [0, 0.05) is 19.3 Å². The number of rotatable bonds is 2. The Kier molecular flexibility index (Phi) is 3.14. The summed E-state index contributed by atoms with van der Waals surface area (Å²) in [4.78, 5) is 17.7. The molecule has 0 saturated heterocycles. The van der Waals surface area contributed by atoms with E-state index in [2.05, 4.69) is 9.88 Å². The number of hydrogen-bond acceptors (Lipinski definition) is 3. The predicted octanol–water partition coefficient (Wildman–Crippen LogP) is 2.65. The number of anilines is 1. The topological polar surface area (TPSA) is 53.4 Å². The Morgan fingerprint density at radius 2 is 2.10 bits per heavy atom. The molecule has 1 aliphatic heterocycles. The Balaban J connectivity index is 1.88. The maximum Gasteiger partial charge on any atom is 0.335 e. The minimum Gasteiger partial charge on any atom is -0.478 e. The number of fused-ring (bicyclic) bond motifs is 1. The van der Waals surface area contributed by atoms with E-state index in [-0.39, 0.29) is 0 Å². The second-order valence-electron chi connectivity index (χ2n) is 5.15. The molecule has 2 aromatic rings. The van der Waals surface area contributed by atoms with Gasteiger partial charge in [0.2, 0.25) is 0 Å². The number of nitrogens with zero attached hydrogens (tertiary/aromatic N) is 2. The summed E-state index contributed by atoms with van der Waals surface area (Å²) in [5, 5.41) is 9.07. The molecule has 2 heterocycles. The van der Waals surface area contributed by atoms with Gasteiger partial charge in [-0.1, -0.05) is 12.1 Å². The van der Waals surface area contributed by atoms with E-state index in [1.54, 1.807) is 12.1 Å². The monoisotopic (exact) mass is 268 g/mol. The standard InChI is InChI=1S/C16H16N2O2/c1-11-2-5-15(17-9-11)18-7-6-12-3-4-13(16(19)20)8-14(12)10-18/h2-5,8-9H,6-7,10H2,1H3,(H,19,20). The van der Waals surface area contributed by atoms with Crippen LogP contribution in [0.1, 0.15) is 27.0 Å². The van der Waals surface area contributed by atoms with Crippen LogP contribution in [-0.2, 0) is 13.0 Å². The second-order valence-corrected chi connectivity index (χ2v) is 5.15. The van der Waals surface area contributed by atoms with Crippen molar-refractivity contribution < 1.29 is 9.90 Å². The zero-order valence-electron chi connectivity index (χ0n) is 11.3. The summed E-state index contributed by atoms with van der Waals surface area (Å²) < 4.78 is 0. The van der Waals surface area contributed by atoms with Crippen molar-refractivity contribution in [2.45, 2.75) is 19.9 Å². The number of carboxylic acid groups (broad SMARTS) is 1. The molecule has 4 nitrogen and oxygen atoms in total. The van der Waals surface area contributed by atoms with Crippen molar-refractivity contribution in [3.63, 3.8) is 0 Å². The first-order chi connectivity index (χ1) is 9.63. The van der Waals surface area contributed by atoms with E-state index < -0.39 is 5.97 Å². The lowest BCUT2D eigenvalue weighted by Gasteiger charge is -2.30. The van der Waals surface area contributed by atoms with Gasteiger partial charge in [-0.05, 0) is 48.2 Å². The van der Waals surface area contributed by atoms with E-state index in [0.717, 1.165) is 29.9 Å². The number of carboxylic acids is 1. The van der Waals surface area contributed by atoms with Crippen LogP contribution in [-0.4, -0.2) is 22.6 Å². The summed E-state index contributed by atoms with van der Waals surface area (Å²) in [7, 11) is 0. The summed E-state index contributed by atoms with van der Waals surface area (Å²) >= 11 is 0. The predicted molar refractivity (Wildman–Crippen MR) is 77.1 cm³/mol. The maximum absolute atomic E-state index is 11.0. The molecule has 20 heavy (non-hydrogen) atoms. The van der Waals surface area contributed by atoms with Gasteiger partial charge in [0.25, 0.3) is 0 Å². The number of aryl methyl sites for hydroxylation is 1. The van der Waals surface area contributed by atoms with Gasteiger partial charge in [-0.2, -0.15) is 0 Å². The molecular weight excluding hydrogens is 252 g/mol. The summed E-state index contributed by atoms with van der Waals surface area (Å²) in [6.07, 6.45) is 2.78. The third-order valence-corrected chi connectivity index (χ3v) is 3.69. The molecule has 102 valence electrons. The smallest absolute Gasteiger partial charge is 0.335 e. The van der Waals surface area contributed by atoms with E-state index >= 15 is 0 Å². The molecule has 0 unspecified atom stereocenters. The quantitative estimate of drug-likeness (QED) is 0.909. The highest BCUT2D eigenvalue weighted by Gasteiger charge is 2.18. The van der Waals surface area contributed by atoms with E-state index in [9.17, 15) is 4.79 Å². The Morgan fingerprint density at radius 1 is 1.25 bits per heavy atom.